The van der Waals surface area contributed by atoms with Gasteiger partial charge in [-0.2, -0.15) is 0 Å². The van der Waals surface area contributed by atoms with Crippen molar-refractivity contribution in [2.24, 2.45) is 10.2 Å². The van der Waals surface area contributed by atoms with Gasteiger partial charge in [-0.05, 0) is 11.1 Å². The van der Waals surface area contributed by atoms with Crippen LogP contribution in [0.4, 0.5) is 0 Å². The fourth-order valence-electron chi connectivity index (χ4n) is 6.95. The molecule has 25 unspecified atom stereocenters. The van der Waals surface area contributed by atoms with Gasteiger partial charge in [-0.15, -0.1) is 0 Å². The van der Waals surface area contributed by atoms with Gasteiger partial charge in [-0.1, -0.05) is 10.2 Å². The van der Waals surface area contributed by atoms with Crippen LogP contribution in [0.25, 0.3) is 20.9 Å². The van der Waals surface area contributed by atoms with Crippen molar-refractivity contribution in [1.29, 1.82) is 0 Å². The molecule has 17 N–H and O–H groups in total. The van der Waals surface area contributed by atoms with Gasteiger partial charge < -0.3 is 129 Å². The van der Waals surface area contributed by atoms with Crippen molar-refractivity contribution in [3.05, 3.63) is 20.9 Å². The van der Waals surface area contributed by atoms with Crippen molar-refractivity contribution in [2.75, 3.05) is 47.3 Å². The minimum atomic E-state index is -1.74. The second-order valence-corrected chi connectivity index (χ2v) is 62.0. The minimum absolute atomic E-state index is 0.278. The molecule has 39 heteroatoms. The molecule has 5 aliphatic rings. The zero-order valence-corrected chi connectivity index (χ0v) is 50.3. The van der Waals surface area contributed by atoms with E-state index in [2.05, 4.69) is 120 Å². The Morgan fingerprint density at radius 1 is 0.451 bits per heavy atom. The number of ether oxygens (including phenoxy) is 9. The van der Waals surface area contributed by atoms with E-state index in [-0.39, 0.29) is 4.92 Å². The Hall–Kier alpha value is 2.40. The Morgan fingerprint density at radius 3 is 1.08 bits per heavy atom. The third-order valence-corrected chi connectivity index (χ3v) is 10.6. The monoisotopic (exact) mass is 1680 g/mol. The van der Waals surface area contributed by atoms with Crippen LogP contribution in [0.15, 0.2) is 10.2 Å². The number of azide groups is 2. The van der Waals surface area contributed by atoms with Gasteiger partial charge in [0.2, 0.25) is 0 Å². The third kappa shape index (κ3) is 21.1. The van der Waals surface area contributed by atoms with Crippen LogP contribution >= 0.6 is 99.9 Å². The number of aliphatic hydroxyl groups excluding tert-OH is 17. The van der Waals surface area contributed by atoms with E-state index in [1.165, 1.54) is 14.2 Å². The van der Waals surface area contributed by atoms with Crippen LogP contribution in [-0.2, 0) is 57.0 Å². The van der Waals surface area contributed by atoms with E-state index in [9.17, 15) is 76.6 Å². The number of rotatable bonds is 13. The molecule has 0 amide bonds. The molecule has 0 aromatic carbocycles. The molecule has 417 valence electrons. The molecule has 5 aliphatic heterocycles. The van der Waals surface area contributed by atoms with Gasteiger partial charge in [0.1, 0.15) is 110 Å². The van der Waals surface area contributed by atoms with Crippen LogP contribution in [0.1, 0.15) is 0 Å². The first-order chi connectivity index (χ1) is 33.5. The molecular weight excluding hydrogens is 1620 g/mol. The fraction of sp³-hybridized carbons (Fsp3) is 1.00. The number of methoxy groups -OCH3 is 2. The molecule has 5 saturated heterocycles. The van der Waals surface area contributed by atoms with Gasteiger partial charge >= 0.3 is 114 Å². The Kier molecular flexibility index (Phi) is 37.6. The first kappa shape index (κ1) is 71.4. The van der Waals surface area contributed by atoms with Gasteiger partial charge in [0.25, 0.3) is 0 Å². The molecular formula is C32H58I5N6O26V2. The van der Waals surface area contributed by atoms with Crippen LogP contribution in [-0.4, -0.2) is 287 Å². The Balaban J connectivity index is 0.000000512. The standard InChI is InChI=1S/C13H23N3O10.C12H22O11.C7H13N3O5.5HI.2V/c1-23-12-6(15-16-14)8(20)11(5(3-18)25-12)26-13-10(22)9(21)7(19)4(2-17)24-13;13-1-3-5(15)6(16)9(19)12(22-3)23-10-4(2-14)21-11(20)8(18)7(10)17;1-14-7-4(9-10-8)6(13)5(12)3(2-11)15-7;;;;;;;/h4-13,17-22H,2-3H2,1H3;3-20H,1-2H2;3-7,11-13H,2H2,1H3;5*1H;;/q;;;;;;;;+2;+3/p-5. The van der Waals surface area contributed by atoms with Crippen LogP contribution in [0, 0.1) is 0 Å². The van der Waals surface area contributed by atoms with Gasteiger partial charge in [0, 0.05) is 24.0 Å². The molecule has 0 bridgehead atoms. The molecule has 0 saturated carbocycles. The van der Waals surface area contributed by atoms with Crippen molar-refractivity contribution >= 4 is 99.9 Å². The van der Waals surface area contributed by atoms with Crippen molar-refractivity contribution in [3.8, 4) is 0 Å². The summed E-state index contributed by atoms with van der Waals surface area (Å²) in [7, 11) is 3.19. The Labute approximate surface area is 470 Å². The van der Waals surface area contributed by atoms with Gasteiger partial charge in [-0.25, -0.2) is 0 Å². The van der Waals surface area contributed by atoms with Crippen molar-refractivity contribution < 1.29 is 144 Å². The summed E-state index contributed by atoms with van der Waals surface area (Å²) in [6, 6.07) is -2.25. The molecule has 5 fully saturated rings. The maximum absolute atomic E-state index is 10.5. The molecule has 32 nitrogen and oxygen atoms in total. The van der Waals surface area contributed by atoms with Crippen LogP contribution in [0.2, 0.25) is 0 Å². The van der Waals surface area contributed by atoms with E-state index >= 15 is 0 Å². The Morgan fingerprint density at radius 2 is 0.746 bits per heavy atom. The quantitative estimate of drug-likeness (QED) is 0.0354. The molecule has 0 spiro atoms. The first-order valence-electron chi connectivity index (χ1n) is 20.1. The van der Waals surface area contributed by atoms with E-state index in [0.29, 0.717) is 9.47 Å². The molecule has 0 aliphatic carbocycles. The summed E-state index contributed by atoms with van der Waals surface area (Å²) in [5, 5.41) is 170. The van der Waals surface area contributed by atoms with E-state index in [1.807, 2.05) is 0 Å². The second-order valence-electron chi connectivity index (χ2n) is 14.9. The average molecular weight is 1680 g/mol. The number of halogens is 5. The zero-order valence-electron chi connectivity index (χ0n) is 36.7. The van der Waals surface area contributed by atoms with E-state index in [4.69, 9.17) is 63.9 Å². The molecule has 0 radical (unpaired) electrons. The SMILES string of the molecule is COC1OC(CO)C(O)C(O)C1N=[N+]=[N-].COC1OC(CO)C(OC2OC(CO)C(O)C(O)C2O)C(O)C1N=[N+]=[N-].OCC1OC(OC2C(CO)OC(O)C(O)C2O)C(O)C(O)C1O.[I][V]([I])[I].[I][V][I]. The summed E-state index contributed by atoms with van der Waals surface area (Å²) in [5.74, 6) is 0. The van der Waals surface area contributed by atoms with Gasteiger partial charge in [-0.3, -0.25) is 0 Å². The number of nitrogens with zero attached hydrogens (tertiary/aromatic N) is 6. The predicted molar refractivity (Wildman–Crippen MR) is 267 cm³/mol. The summed E-state index contributed by atoms with van der Waals surface area (Å²) >= 11 is 12.1. The molecule has 71 heavy (non-hydrogen) atoms. The number of hydrogen-bond donors (Lipinski definition) is 17. The van der Waals surface area contributed by atoms with E-state index in [1.54, 1.807) is 0 Å². The average Bonchev–Trinajstić information content (AvgIpc) is 3.34. The molecule has 25 atom stereocenters. The van der Waals surface area contributed by atoms with Gasteiger partial charge in [0.05, 0.1) is 45.2 Å². The molecule has 5 rings (SSSR count). The normalized spacial score (nSPS) is 43.1. The van der Waals surface area contributed by atoms with Crippen LogP contribution < -0.4 is 0 Å². The summed E-state index contributed by atoms with van der Waals surface area (Å²) in [6.07, 6.45) is -33.0. The summed E-state index contributed by atoms with van der Waals surface area (Å²) in [6.45, 7) is -3.07. The Bertz CT molecular complexity index is 1570. The molecule has 5 heterocycles. The first-order valence-corrected chi connectivity index (χ1v) is 42.7. The predicted octanol–water partition coefficient (Wildman–Crippen LogP) is -5.65. The molecule has 0 aromatic heterocycles. The summed E-state index contributed by atoms with van der Waals surface area (Å²) in [5.41, 5.74) is 16.9. The van der Waals surface area contributed by atoms with E-state index < -0.39 is 186 Å². The van der Waals surface area contributed by atoms with E-state index in [0.717, 1.165) is 0 Å². The van der Waals surface area contributed by atoms with Crippen LogP contribution in [0.5, 0.6) is 0 Å². The zero-order chi connectivity index (χ0) is 54.4. The maximum atomic E-state index is 10.5. The topological polar surface area (TPSA) is 525 Å². The summed E-state index contributed by atoms with van der Waals surface area (Å²) < 4.78 is 46.2. The second kappa shape index (κ2) is 37.4. The number of hydrogen-bond acceptors (Lipinski definition) is 28. The van der Waals surface area contributed by atoms with Gasteiger partial charge in [0.15, 0.2) is 31.5 Å². The van der Waals surface area contributed by atoms with Crippen molar-refractivity contribution in [2.45, 2.75) is 153 Å². The third-order valence-electron chi connectivity index (χ3n) is 10.6. The van der Waals surface area contributed by atoms with Crippen molar-refractivity contribution in [1.82, 2.24) is 0 Å². The fourth-order valence-corrected chi connectivity index (χ4v) is 6.95. The number of aliphatic hydroxyl groups is 17. The van der Waals surface area contributed by atoms with Crippen LogP contribution in [0.3, 0.4) is 0 Å². The molecule has 0 aromatic rings. The van der Waals surface area contributed by atoms with Crippen molar-refractivity contribution in [3.63, 3.8) is 0 Å². The summed E-state index contributed by atoms with van der Waals surface area (Å²) in [4.78, 5) is 4.85.